The molecule has 0 fully saturated rings. The number of aliphatic carboxylic acids is 1. The lowest BCUT2D eigenvalue weighted by atomic mass is 9.90. The highest BCUT2D eigenvalue weighted by Gasteiger charge is 2.34. The summed E-state index contributed by atoms with van der Waals surface area (Å²) in [7, 11) is 0. The normalized spacial score (nSPS) is 35.3. The molecule has 1 rings (SSSR count). The molecule has 0 aromatic rings. The van der Waals surface area contributed by atoms with Gasteiger partial charge in [-0.1, -0.05) is 81.5 Å². The molecule has 10 heteroatoms. The van der Waals surface area contributed by atoms with Crippen LogP contribution in [0.5, 0.6) is 0 Å². The van der Waals surface area contributed by atoms with E-state index in [4.69, 9.17) is 4.74 Å². The average molecular weight is 609 g/mol. The topological polar surface area (TPSA) is 185 Å². The van der Waals surface area contributed by atoms with Crippen LogP contribution in [0.3, 0.4) is 0 Å². The number of aliphatic hydroxyl groups is 6. The molecule has 244 valence electrons. The molecule has 43 heavy (non-hydrogen) atoms. The van der Waals surface area contributed by atoms with Gasteiger partial charge in [-0.25, -0.2) is 0 Å². The maximum absolute atomic E-state index is 12.8. The monoisotopic (exact) mass is 608 g/mol. The third-order valence-electron chi connectivity index (χ3n) is 7.59. The van der Waals surface area contributed by atoms with Crippen LogP contribution in [0.2, 0.25) is 0 Å². The quantitative estimate of drug-likeness (QED) is 0.230. The predicted molar refractivity (Wildman–Crippen MR) is 164 cm³/mol. The van der Waals surface area contributed by atoms with Gasteiger partial charge in [-0.2, -0.15) is 0 Å². The second-order valence-corrected chi connectivity index (χ2v) is 11.8. The number of esters is 1. The first-order chi connectivity index (χ1) is 20.2. The zero-order valence-electron chi connectivity index (χ0n) is 25.7. The molecule has 0 saturated heterocycles. The number of carboxylic acid groups (broad SMARTS) is 1. The lowest BCUT2D eigenvalue weighted by Crippen LogP contribution is -2.39. The average Bonchev–Trinajstić information content (AvgIpc) is 2.90. The number of carbonyl (C=O) groups excluding carboxylic acids is 1. The number of allylic oxidation sites excluding steroid dienone is 8. The van der Waals surface area contributed by atoms with Crippen molar-refractivity contribution in [2.45, 2.75) is 109 Å². The van der Waals surface area contributed by atoms with E-state index in [2.05, 4.69) is 0 Å². The first kappa shape index (κ1) is 38.4. The summed E-state index contributed by atoms with van der Waals surface area (Å²) in [6.07, 6.45) is 9.38. The van der Waals surface area contributed by atoms with Gasteiger partial charge in [-0.05, 0) is 38.5 Å². The smallest absolute Gasteiger partial charge is 0.312 e. The molecular weight excluding hydrogens is 556 g/mol. The number of ether oxygens (including phenoxy) is 1. The molecule has 1 aliphatic heterocycles. The van der Waals surface area contributed by atoms with E-state index in [9.17, 15) is 45.3 Å². The van der Waals surface area contributed by atoms with E-state index in [0.717, 1.165) is 0 Å². The minimum Gasteiger partial charge on any atom is -0.481 e. The molecule has 0 amide bonds. The first-order valence-corrected chi connectivity index (χ1v) is 15.1. The Bertz CT molecular complexity index is 969. The lowest BCUT2D eigenvalue weighted by Gasteiger charge is -2.28. The zero-order valence-corrected chi connectivity index (χ0v) is 25.7. The number of cyclic esters (lactones) is 1. The Kier molecular flexibility index (Phi) is 18.2. The van der Waals surface area contributed by atoms with Crippen molar-refractivity contribution in [1.29, 1.82) is 0 Å². The summed E-state index contributed by atoms with van der Waals surface area (Å²) in [4.78, 5) is 24.5. The van der Waals surface area contributed by atoms with E-state index in [1.165, 1.54) is 19.1 Å². The van der Waals surface area contributed by atoms with E-state index in [0.29, 0.717) is 6.42 Å². The molecule has 0 aromatic carbocycles. The summed E-state index contributed by atoms with van der Waals surface area (Å²) < 4.78 is 5.76. The Morgan fingerprint density at radius 2 is 1.23 bits per heavy atom. The van der Waals surface area contributed by atoms with Gasteiger partial charge in [-0.15, -0.1) is 0 Å². The predicted octanol–water partition coefficient (Wildman–Crippen LogP) is 2.83. The summed E-state index contributed by atoms with van der Waals surface area (Å²) in [5.74, 6) is -4.50. The highest BCUT2D eigenvalue weighted by atomic mass is 16.5. The molecule has 1 heterocycles. The van der Waals surface area contributed by atoms with Gasteiger partial charge in [0.05, 0.1) is 42.5 Å². The van der Waals surface area contributed by atoms with E-state index in [1.807, 2.05) is 39.0 Å². The molecule has 1 aliphatic rings. The van der Waals surface area contributed by atoms with Crippen molar-refractivity contribution in [1.82, 2.24) is 0 Å². The molecule has 0 radical (unpaired) electrons. The molecule has 0 spiro atoms. The van der Waals surface area contributed by atoms with E-state index in [-0.39, 0.29) is 43.9 Å². The van der Waals surface area contributed by atoms with Crippen LogP contribution in [0, 0.1) is 23.7 Å². The highest BCUT2D eigenvalue weighted by Crippen LogP contribution is 2.23. The maximum atomic E-state index is 12.8. The van der Waals surface area contributed by atoms with Crippen LogP contribution < -0.4 is 0 Å². The standard InChI is InChI=1S/C33H52O10/c1-21(2)31-22(3)14-11-9-7-5-6-8-10-12-17-27(37)30(32(40)41)29(39)19-25(35)16-13-15-24(34)18-26(36)20-28(38)23(4)33(42)43-31/h5-12,14,17,21-31,34-39H,13,15-16,18-20H2,1-4H3,(H,40,41)/t22-,23+,24-,25+,26-,27+,28-,29+,30-,31+/m0/s1. The van der Waals surface area contributed by atoms with Gasteiger partial charge in [-0.3, -0.25) is 9.59 Å². The van der Waals surface area contributed by atoms with Gasteiger partial charge in [0.25, 0.3) is 0 Å². The summed E-state index contributed by atoms with van der Waals surface area (Å²) >= 11 is 0. The van der Waals surface area contributed by atoms with Crippen molar-refractivity contribution < 1.29 is 50.1 Å². The van der Waals surface area contributed by atoms with Gasteiger partial charge in [0.1, 0.15) is 12.0 Å². The van der Waals surface area contributed by atoms with Crippen molar-refractivity contribution in [2.75, 3.05) is 0 Å². The fraction of sp³-hybridized carbons (Fsp3) is 0.636. The number of aliphatic hydroxyl groups excluding tert-OH is 6. The first-order valence-electron chi connectivity index (χ1n) is 15.1. The van der Waals surface area contributed by atoms with Gasteiger partial charge < -0.3 is 40.5 Å². The summed E-state index contributed by atoms with van der Waals surface area (Å²) in [6, 6.07) is 0. The van der Waals surface area contributed by atoms with Crippen LogP contribution in [0.25, 0.3) is 0 Å². The minimum atomic E-state index is -1.54. The van der Waals surface area contributed by atoms with Crippen molar-refractivity contribution in [2.24, 2.45) is 23.7 Å². The fourth-order valence-electron chi connectivity index (χ4n) is 4.96. The molecule has 0 unspecified atom stereocenters. The number of rotatable bonds is 2. The minimum absolute atomic E-state index is 0.0159. The van der Waals surface area contributed by atoms with Gasteiger partial charge >= 0.3 is 11.9 Å². The lowest BCUT2D eigenvalue weighted by molar-refractivity contribution is -0.162. The molecule has 0 bridgehead atoms. The fourth-order valence-corrected chi connectivity index (χ4v) is 4.96. The van der Waals surface area contributed by atoms with Crippen molar-refractivity contribution in [3.8, 4) is 0 Å². The van der Waals surface area contributed by atoms with E-state index in [1.54, 1.807) is 30.4 Å². The van der Waals surface area contributed by atoms with E-state index < -0.39 is 66.5 Å². The van der Waals surface area contributed by atoms with Crippen LogP contribution in [0.4, 0.5) is 0 Å². The molecule has 0 aromatic heterocycles. The van der Waals surface area contributed by atoms with Crippen molar-refractivity contribution in [3.63, 3.8) is 0 Å². The molecule has 10 atom stereocenters. The number of hydrogen-bond acceptors (Lipinski definition) is 9. The third kappa shape index (κ3) is 15.1. The molecule has 10 nitrogen and oxygen atoms in total. The molecule has 0 saturated carbocycles. The van der Waals surface area contributed by atoms with Crippen molar-refractivity contribution in [3.05, 3.63) is 60.8 Å². The number of carboxylic acids is 1. The van der Waals surface area contributed by atoms with Gasteiger partial charge in [0, 0.05) is 18.8 Å². The highest BCUT2D eigenvalue weighted by molar-refractivity contribution is 5.73. The Balaban J connectivity index is 3.08. The Labute approximate surface area is 255 Å². The summed E-state index contributed by atoms with van der Waals surface area (Å²) in [6.45, 7) is 7.35. The van der Waals surface area contributed by atoms with E-state index >= 15 is 0 Å². The summed E-state index contributed by atoms with van der Waals surface area (Å²) in [5, 5.41) is 72.0. The molecule has 0 aliphatic carbocycles. The molecular formula is C33H52O10. The SMILES string of the molecule is CC(C)[C@H]1OC(=O)[C@H](C)[C@@H](O)C[C@@H](O)C[C@@H](O)CCC[C@@H](O)C[C@@H](O)[C@@H](C(=O)O)[C@H](O)C=CC=CC=CC=CC=C[C@@H]1C. The van der Waals surface area contributed by atoms with Gasteiger partial charge in [0.2, 0.25) is 0 Å². The second kappa shape index (κ2) is 20.4. The van der Waals surface area contributed by atoms with Crippen LogP contribution in [-0.2, 0) is 14.3 Å². The number of carbonyl (C=O) groups is 2. The Morgan fingerprint density at radius 3 is 1.77 bits per heavy atom. The molecule has 7 N–H and O–H groups in total. The third-order valence-corrected chi connectivity index (χ3v) is 7.59. The van der Waals surface area contributed by atoms with Crippen molar-refractivity contribution >= 4 is 11.9 Å². The Morgan fingerprint density at radius 1 is 0.744 bits per heavy atom. The zero-order chi connectivity index (χ0) is 32.5. The van der Waals surface area contributed by atoms with Crippen LogP contribution in [-0.4, -0.2) is 90.4 Å². The number of hydrogen-bond donors (Lipinski definition) is 7. The van der Waals surface area contributed by atoms with Gasteiger partial charge in [0.15, 0.2) is 0 Å². The summed E-state index contributed by atoms with van der Waals surface area (Å²) in [5.41, 5.74) is 0. The maximum Gasteiger partial charge on any atom is 0.312 e. The van der Waals surface area contributed by atoms with Crippen LogP contribution >= 0.6 is 0 Å². The Hall–Kier alpha value is -2.60. The van der Waals surface area contributed by atoms with Crippen LogP contribution in [0.15, 0.2) is 60.8 Å². The van der Waals surface area contributed by atoms with Crippen LogP contribution in [0.1, 0.15) is 66.2 Å². The largest absolute Gasteiger partial charge is 0.481 e. The second-order valence-electron chi connectivity index (χ2n) is 11.8.